The van der Waals surface area contributed by atoms with Crippen molar-refractivity contribution >= 4 is 28.7 Å². The Bertz CT molecular complexity index is 357. The first kappa shape index (κ1) is 12.4. The van der Waals surface area contributed by atoms with Gasteiger partial charge in [-0.2, -0.15) is 13.2 Å². The van der Waals surface area contributed by atoms with Crippen molar-refractivity contribution in [3.63, 3.8) is 0 Å². The summed E-state index contributed by atoms with van der Waals surface area (Å²) in [6, 6.07) is 0. The Morgan fingerprint density at radius 2 is 2.20 bits per heavy atom. The molecule has 0 aliphatic heterocycles. The third-order valence-electron chi connectivity index (χ3n) is 1.56. The largest absolute Gasteiger partial charge is 0.406 e. The van der Waals surface area contributed by atoms with Gasteiger partial charge in [0.05, 0.1) is 0 Å². The van der Waals surface area contributed by atoms with Crippen molar-refractivity contribution in [3.05, 3.63) is 3.95 Å². The number of rotatable bonds is 4. The van der Waals surface area contributed by atoms with Crippen molar-refractivity contribution in [2.24, 2.45) is 0 Å². The van der Waals surface area contributed by atoms with Gasteiger partial charge in [-0.05, 0) is 18.6 Å². The molecule has 0 bridgehead atoms. The molecule has 8 heteroatoms. The Balaban J connectivity index is 2.78. The van der Waals surface area contributed by atoms with Gasteiger partial charge in [-0.25, -0.2) is 0 Å². The van der Waals surface area contributed by atoms with Gasteiger partial charge in [0.25, 0.3) is 0 Å². The average Bonchev–Trinajstić information content (AvgIpc) is 2.48. The quantitative estimate of drug-likeness (QED) is 0.841. The molecule has 1 aromatic rings. The fourth-order valence-electron chi connectivity index (χ4n) is 1.09. The van der Waals surface area contributed by atoms with Crippen LogP contribution in [0.3, 0.4) is 0 Å². The molecule has 0 fully saturated rings. The number of hydrogen-bond donors (Lipinski definition) is 1. The average molecular weight is 257 g/mol. The van der Waals surface area contributed by atoms with Gasteiger partial charge < -0.3 is 4.90 Å². The van der Waals surface area contributed by atoms with E-state index in [9.17, 15) is 13.2 Å². The van der Waals surface area contributed by atoms with Gasteiger partial charge in [-0.15, -0.1) is 5.10 Å². The number of nitrogens with one attached hydrogen (secondary N) is 1. The number of halogens is 3. The maximum absolute atomic E-state index is 12.2. The monoisotopic (exact) mass is 257 g/mol. The van der Waals surface area contributed by atoms with E-state index in [1.807, 2.05) is 6.92 Å². The van der Waals surface area contributed by atoms with Crippen LogP contribution in [0.25, 0.3) is 0 Å². The molecule has 86 valence electrons. The SMILES string of the molecule is CCCN(CC(F)(F)F)c1n[nH]c(=S)s1. The highest BCUT2D eigenvalue weighted by molar-refractivity contribution is 7.73. The first-order chi connectivity index (χ1) is 6.92. The molecule has 0 spiro atoms. The normalized spacial score (nSPS) is 11.7. The molecular formula is C7H10F3N3S2. The van der Waals surface area contributed by atoms with E-state index in [4.69, 9.17) is 12.2 Å². The molecule has 0 radical (unpaired) electrons. The molecule has 0 saturated carbocycles. The highest BCUT2D eigenvalue weighted by Gasteiger charge is 2.31. The summed E-state index contributed by atoms with van der Waals surface area (Å²) in [5.74, 6) is 0. The maximum Gasteiger partial charge on any atom is 0.406 e. The molecule has 1 heterocycles. The lowest BCUT2D eigenvalue weighted by Crippen LogP contribution is -2.34. The van der Waals surface area contributed by atoms with Crippen LogP contribution in [0.1, 0.15) is 13.3 Å². The van der Waals surface area contributed by atoms with E-state index in [0.717, 1.165) is 11.3 Å². The first-order valence-electron chi connectivity index (χ1n) is 4.29. The van der Waals surface area contributed by atoms with Crippen molar-refractivity contribution in [1.82, 2.24) is 10.2 Å². The van der Waals surface area contributed by atoms with Crippen molar-refractivity contribution in [3.8, 4) is 0 Å². The molecule has 15 heavy (non-hydrogen) atoms. The number of alkyl halides is 3. The first-order valence-corrected chi connectivity index (χ1v) is 5.52. The smallest absolute Gasteiger partial charge is 0.338 e. The molecule has 0 aromatic carbocycles. The van der Waals surface area contributed by atoms with Crippen LogP contribution in [0.5, 0.6) is 0 Å². The highest BCUT2D eigenvalue weighted by atomic mass is 32.1. The molecular weight excluding hydrogens is 247 g/mol. The van der Waals surface area contributed by atoms with Crippen LogP contribution in [-0.4, -0.2) is 29.5 Å². The van der Waals surface area contributed by atoms with Gasteiger partial charge in [-0.1, -0.05) is 18.3 Å². The lowest BCUT2D eigenvalue weighted by Gasteiger charge is -2.21. The topological polar surface area (TPSA) is 31.9 Å². The molecule has 0 aliphatic carbocycles. The van der Waals surface area contributed by atoms with Crippen molar-refractivity contribution in [2.75, 3.05) is 18.0 Å². The van der Waals surface area contributed by atoms with Crippen LogP contribution in [0, 0.1) is 3.95 Å². The second-order valence-electron chi connectivity index (χ2n) is 2.93. The summed E-state index contributed by atoms with van der Waals surface area (Å²) >= 11 is 5.82. The van der Waals surface area contributed by atoms with Crippen LogP contribution < -0.4 is 4.90 Å². The Labute approximate surface area is 93.9 Å². The van der Waals surface area contributed by atoms with Crippen molar-refractivity contribution in [1.29, 1.82) is 0 Å². The minimum atomic E-state index is -4.22. The lowest BCUT2D eigenvalue weighted by atomic mass is 10.4. The van der Waals surface area contributed by atoms with E-state index in [1.54, 1.807) is 0 Å². The summed E-state index contributed by atoms with van der Waals surface area (Å²) in [6.45, 7) is 1.14. The Morgan fingerprint density at radius 1 is 1.53 bits per heavy atom. The van der Waals surface area contributed by atoms with Gasteiger partial charge in [0.2, 0.25) is 5.13 Å². The van der Waals surface area contributed by atoms with Crippen LogP contribution >= 0.6 is 23.6 Å². The molecule has 0 atom stereocenters. The van der Waals surface area contributed by atoms with E-state index in [1.165, 1.54) is 4.90 Å². The number of nitrogens with zero attached hydrogens (tertiary/aromatic N) is 2. The van der Waals surface area contributed by atoms with Gasteiger partial charge in [-0.3, -0.25) is 5.10 Å². The zero-order valence-corrected chi connectivity index (χ0v) is 9.60. The third-order valence-corrected chi connectivity index (χ3v) is 2.71. The summed E-state index contributed by atoms with van der Waals surface area (Å²) in [6.07, 6.45) is -3.59. The Kier molecular flexibility index (Phi) is 4.09. The molecule has 0 aliphatic rings. The van der Waals surface area contributed by atoms with Gasteiger partial charge in [0, 0.05) is 6.54 Å². The fraction of sp³-hybridized carbons (Fsp3) is 0.714. The van der Waals surface area contributed by atoms with Crippen LogP contribution in [-0.2, 0) is 0 Å². The standard InChI is InChI=1S/C7H10F3N3S2/c1-2-3-13(4-7(8,9)10)5-11-12-6(14)15-5/h2-4H2,1H3,(H,12,14). The summed E-state index contributed by atoms with van der Waals surface area (Å²) < 4.78 is 37.0. The van der Waals surface area contributed by atoms with E-state index in [-0.39, 0.29) is 0 Å². The summed E-state index contributed by atoms with van der Waals surface area (Å²) in [5, 5.41) is 6.49. The van der Waals surface area contributed by atoms with Gasteiger partial charge >= 0.3 is 6.18 Å². The molecule has 0 amide bonds. The van der Waals surface area contributed by atoms with Crippen molar-refractivity contribution < 1.29 is 13.2 Å². The Morgan fingerprint density at radius 3 is 2.60 bits per heavy atom. The summed E-state index contributed by atoms with van der Waals surface area (Å²) in [5.41, 5.74) is 0. The van der Waals surface area contributed by atoms with E-state index in [2.05, 4.69) is 10.2 Å². The second-order valence-corrected chi connectivity index (χ2v) is 4.58. The van der Waals surface area contributed by atoms with Crippen LogP contribution in [0.4, 0.5) is 18.3 Å². The maximum atomic E-state index is 12.2. The van der Waals surface area contributed by atoms with Crippen LogP contribution in [0.15, 0.2) is 0 Å². The minimum absolute atomic E-state index is 0.291. The number of H-pyrrole nitrogens is 1. The molecule has 3 nitrogen and oxygen atoms in total. The molecule has 0 saturated heterocycles. The molecule has 1 aromatic heterocycles. The van der Waals surface area contributed by atoms with E-state index >= 15 is 0 Å². The van der Waals surface area contributed by atoms with Gasteiger partial charge in [0.1, 0.15) is 6.54 Å². The lowest BCUT2D eigenvalue weighted by molar-refractivity contribution is -0.119. The predicted molar refractivity (Wildman–Crippen MR) is 55.9 cm³/mol. The van der Waals surface area contributed by atoms with Crippen LogP contribution in [0.2, 0.25) is 0 Å². The van der Waals surface area contributed by atoms with E-state index in [0.29, 0.717) is 22.1 Å². The number of aromatic nitrogens is 2. The zero-order chi connectivity index (χ0) is 11.5. The Hall–Kier alpha value is -0.630. The fourth-order valence-corrected chi connectivity index (χ4v) is 1.99. The summed E-state index contributed by atoms with van der Waals surface area (Å²) in [4.78, 5) is 1.18. The zero-order valence-electron chi connectivity index (χ0n) is 7.97. The molecule has 1 N–H and O–H groups in total. The second kappa shape index (κ2) is 4.93. The van der Waals surface area contributed by atoms with Crippen molar-refractivity contribution in [2.45, 2.75) is 19.5 Å². The molecule has 0 unspecified atom stereocenters. The minimum Gasteiger partial charge on any atom is -0.338 e. The number of aromatic amines is 1. The predicted octanol–water partition coefficient (Wildman–Crippen LogP) is 2.98. The highest BCUT2D eigenvalue weighted by Crippen LogP contribution is 2.23. The van der Waals surface area contributed by atoms with E-state index < -0.39 is 12.7 Å². The number of anilines is 1. The van der Waals surface area contributed by atoms with Gasteiger partial charge in [0.15, 0.2) is 3.95 Å². The summed E-state index contributed by atoms with van der Waals surface area (Å²) in [7, 11) is 0. The number of hydrogen-bond acceptors (Lipinski definition) is 4. The third kappa shape index (κ3) is 4.17. The molecule has 1 rings (SSSR count).